The zero-order valence-corrected chi connectivity index (χ0v) is 19.8. The summed E-state index contributed by atoms with van der Waals surface area (Å²) in [4.78, 5) is 12.9. The van der Waals surface area contributed by atoms with Crippen LogP contribution >= 0.6 is 0 Å². The molecule has 6 rings (SSSR count). The Bertz CT molecular complexity index is 1490. The zero-order valence-electron chi connectivity index (χ0n) is 19.8. The minimum atomic E-state index is -0.891. The van der Waals surface area contributed by atoms with Crippen LogP contribution in [-0.2, 0) is 29.3 Å². The van der Waals surface area contributed by atoms with Crippen molar-refractivity contribution in [1.29, 1.82) is 5.26 Å². The number of pyridine rings is 1. The number of rotatable bonds is 3. The van der Waals surface area contributed by atoms with Gasteiger partial charge < -0.3 is 9.47 Å². The van der Waals surface area contributed by atoms with E-state index in [1.165, 1.54) is 13.2 Å². The number of carbonyl (C=O) groups excluding carboxylic acids is 1. The third kappa shape index (κ3) is 2.39. The fourth-order valence-corrected chi connectivity index (χ4v) is 7.01. The molecule has 3 aromatic rings. The molecular weight excluding hydrogens is 454 g/mol. The summed E-state index contributed by atoms with van der Waals surface area (Å²) < 4.78 is 47.7. The molecule has 1 saturated carbocycles. The molecule has 7 nitrogen and oxygen atoms in total. The second-order valence-electron chi connectivity index (χ2n) is 9.69. The van der Waals surface area contributed by atoms with Gasteiger partial charge in [0.15, 0.2) is 23.7 Å². The quantitative estimate of drug-likeness (QED) is 0.429. The summed E-state index contributed by atoms with van der Waals surface area (Å²) >= 11 is 0. The van der Waals surface area contributed by atoms with Gasteiger partial charge in [-0.25, -0.2) is 22.7 Å². The summed E-state index contributed by atoms with van der Waals surface area (Å²) in [6, 6.07) is 6.46. The fourth-order valence-electron chi connectivity index (χ4n) is 7.01. The number of aryl methyl sites for hydroxylation is 1. The van der Waals surface area contributed by atoms with Crippen molar-refractivity contribution >= 4 is 5.97 Å². The number of benzene rings is 1. The lowest BCUT2D eigenvalue weighted by Crippen LogP contribution is -2.55. The van der Waals surface area contributed by atoms with Gasteiger partial charge in [0.2, 0.25) is 5.69 Å². The topological polar surface area (TPSA) is 72.0 Å². The highest BCUT2D eigenvalue weighted by molar-refractivity contribution is 5.85. The number of hydrogen-bond donors (Lipinski definition) is 0. The van der Waals surface area contributed by atoms with Gasteiger partial charge in [0.1, 0.15) is 42.1 Å². The molecule has 3 aliphatic rings. The highest BCUT2D eigenvalue weighted by Crippen LogP contribution is 2.72. The minimum absolute atomic E-state index is 0.186. The highest BCUT2D eigenvalue weighted by atomic mass is 19.1. The van der Waals surface area contributed by atoms with Crippen molar-refractivity contribution in [1.82, 2.24) is 4.57 Å². The van der Waals surface area contributed by atoms with Gasteiger partial charge in [-0.3, -0.25) is 0 Å². The average molecular weight is 478 g/mol. The Morgan fingerprint density at radius 2 is 2.11 bits per heavy atom. The van der Waals surface area contributed by atoms with Crippen molar-refractivity contribution in [3.05, 3.63) is 65.4 Å². The predicted molar refractivity (Wildman–Crippen MR) is 117 cm³/mol. The molecule has 178 valence electrons. The lowest BCUT2D eigenvalue weighted by Gasteiger charge is -2.27. The van der Waals surface area contributed by atoms with E-state index in [-0.39, 0.29) is 11.5 Å². The molecule has 0 N–H and O–H groups in total. The molecule has 1 fully saturated rings. The number of nitrogens with zero attached hydrogens (tertiary/aromatic N) is 4. The lowest BCUT2D eigenvalue weighted by atomic mass is 9.81. The maximum absolute atomic E-state index is 15.7. The van der Waals surface area contributed by atoms with Crippen LogP contribution in [0.1, 0.15) is 42.0 Å². The van der Waals surface area contributed by atoms with Crippen molar-refractivity contribution in [3.63, 3.8) is 0 Å². The van der Waals surface area contributed by atoms with E-state index in [1.807, 2.05) is 35.4 Å². The number of ether oxygens (including phenoxy) is 2. The minimum Gasteiger partial charge on any atom is -0.496 e. The van der Waals surface area contributed by atoms with Gasteiger partial charge >= 0.3 is 11.8 Å². The molecule has 1 aromatic carbocycles. The van der Waals surface area contributed by atoms with Crippen LogP contribution in [0, 0.1) is 28.9 Å². The number of hydrogen-bond acceptors (Lipinski definition) is 4. The van der Waals surface area contributed by atoms with Gasteiger partial charge in [0.25, 0.3) is 0 Å². The van der Waals surface area contributed by atoms with E-state index < -0.39 is 40.2 Å². The maximum atomic E-state index is 15.7. The number of methoxy groups -OCH3 is 1. The zero-order chi connectivity index (χ0) is 24.9. The predicted octanol–water partition coefficient (Wildman–Crippen LogP) is 2.67. The Morgan fingerprint density at radius 1 is 1.34 bits per heavy atom. The van der Waals surface area contributed by atoms with Crippen molar-refractivity contribution in [2.45, 2.75) is 43.9 Å². The summed E-state index contributed by atoms with van der Waals surface area (Å²) in [6.45, 7) is 4.45. The highest BCUT2D eigenvalue weighted by Gasteiger charge is 2.86. The van der Waals surface area contributed by atoms with E-state index in [0.717, 1.165) is 0 Å². The van der Waals surface area contributed by atoms with E-state index in [2.05, 4.69) is 0 Å². The van der Waals surface area contributed by atoms with Gasteiger partial charge in [-0.1, -0.05) is 6.92 Å². The summed E-state index contributed by atoms with van der Waals surface area (Å²) in [6.07, 6.45) is 5.62. The first-order chi connectivity index (χ1) is 16.7. The standard InChI is InChI=1S/C26H24F2N4O3/c1-5-26-22(19-13-31-9-8-30(3)23(31)24(33)35-19)25(26,2)16-11-17(27)15(12-29)21(28)20(16)18-10-14(34-4)6-7-32(18)26/h6-11,19,22H,5,13H2,1-4H3/q+2. The molecule has 4 unspecified atom stereocenters. The van der Waals surface area contributed by atoms with E-state index >= 15 is 4.39 Å². The summed E-state index contributed by atoms with van der Waals surface area (Å²) in [5.41, 5.74) is -0.775. The molecule has 0 spiro atoms. The van der Waals surface area contributed by atoms with E-state index in [1.54, 1.807) is 36.0 Å². The van der Waals surface area contributed by atoms with E-state index in [0.29, 0.717) is 35.8 Å². The monoisotopic (exact) mass is 478 g/mol. The van der Waals surface area contributed by atoms with Gasteiger partial charge in [-0.2, -0.15) is 9.83 Å². The Hall–Kier alpha value is -3.80. The molecule has 2 aromatic heterocycles. The molecule has 0 radical (unpaired) electrons. The Kier molecular flexibility index (Phi) is 4.27. The van der Waals surface area contributed by atoms with Crippen LogP contribution in [0.2, 0.25) is 0 Å². The first-order valence-electron chi connectivity index (χ1n) is 11.5. The number of carbonyl (C=O) groups is 1. The third-order valence-corrected chi connectivity index (χ3v) is 8.49. The normalized spacial score (nSPS) is 27.6. The SMILES string of the molecule is CCC12C(C3Cn4cc[n+](C)c4C(=O)O3)C1(C)c1cc(F)c(C#N)c(F)c1-c1cc(OC)cc[n+]12. The number of nitriles is 1. The number of esters is 1. The van der Waals surface area contributed by atoms with Gasteiger partial charge in [-0.05, 0) is 18.6 Å². The number of aromatic nitrogens is 3. The van der Waals surface area contributed by atoms with Crippen LogP contribution in [0.15, 0.2) is 36.8 Å². The second kappa shape index (κ2) is 6.87. The van der Waals surface area contributed by atoms with E-state index in [9.17, 15) is 14.4 Å². The summed E-state index contributed by atoms with van der Waals surface area (Å²) in [7, 11) is 3.31. The molecule has 2 aliphatic heterocycles. The Balaban J connectivity index is 1.61. The summed E-state index contributed by atoms with van der Waals surface area (Å²) in [5, 5.41) is 9.44. The molecule has 0 bridgehead atoms. The van der Waals surface area contributed by atoms with Crippen molar-refractivity contribution in [2.24, 2.45) is 13.0 Å². The first kappa shape index (κ1) is 21.7. The first-order valence-corrected chi connectivity index (χ1v) is 11.5. The molecule has 35 heavy (non-hydrogen) atoms. The largest absolute Gasteiger partial charge is 0.496 e. The fraction of sp³-hybridized carbons (Fsp3) is 0.385. The molecule has 9 heteroatoms. The van der Waals surface area contributed by atoms with Gasteiger partial charge in [0, 0.05) is 12.5 Å². The maximum Gasteiger partial charge on any atom is 0.422 e. The van der Waals surface area contributed by atoms with E-state index in [4.69, 9.17) is 9.47 Å². The number of fused-ring (bicyclic) bond motifs is 7. The van der Waals surface area contributed by atoms with Crippen LogP contribution in [0.4, 0.5) is 8.78 Å². The Morgan fingerprint density at radius 3 is 2.80 bits per heavy atom. The van der Waals surface area contributed by atoms with Crippen LogP contribution in [0.3, 0.4) is 0 Å². The second-order valence-corrected chi connectivity index (χ2v) is 9.69. The molecule has 4 atom stereocenters. The molecular formula is C26H24F2N4O3+2. The number of cyclic esters (lactones) is 1. The number of imidazole rings is 1. The third-order valence-electron chi connectivity index (χ3n) is 8.49. The average Bonchev–Trinajstić information content (AvgIpc) is 3.23. The van der Waals surface area contributed by atoms with Crippen LogP contribution in [0.5, 0.6) is 5.75 Å². The molecule has 0 amide bonds. The smallest absolute Gasteiger partial charge is 0.422 e. The van der Waals surface area contributed by atoms with Crippen LogP contribution in [-0.4, -0.2) is 23.8 Å². The van der Waals surface area contributed by atoms with Crippen LogP contribution in [0.25, 0.3) is 11.3 Å². The van der Waals surface area contributed by atoms with Gasteiger partial charge in [0.05, 0.1) is 37.1 Å². The molecule has 0 saturated heterocycles. The van der Waals surface area contributed by atoms with Crippen molar-refractivity contribution in [2.75, 3.05) is 7.11 Å². The molecule has 1 aliphatic carbocycles. The number of halogens is 2. The van der Waals surface area contributed by atoms with Gasteiger partial charge in [-0.15, -0.1) is 0 Å². The van der Waals surface area contributed by atoms with Crippen molar-refractivity contribution in [3.8, 4) is 23.1 Å². The lowest BCUT2D eigenvalue weighted by molar-refractivity contribution is -0.739. The van der Waals surface area contributed by atoms with Crippen molar-refractivity contribution < 1.29 is 32.2 Å². The molecule has 4 heterocycles. The van der Waals surface area contributed by atoms with Crippen LogP contribution < -0.4 is 13.9 Å². The Labute approximate surface area is 200 Å². The summed E-state index contributed by atoms with van der Waals surface area (Å²) in [5.74, 6) is -1.49.